The Balaban J connectivity index is 1.15. The molecule has 2 aromatic carbocycles. The second kappa shape index (κ2) is 10.9. The molecule has 1 saturated heterocycles. The number of halogens is 2. The molecule has 0 radical (unpaired) electrons. The Labute approximate surface area is 205 Å². The van der Waals surface area contributed by atoms with Crippen molar-refractivity contribution in [3.05, 3.63) is 60.5 Å². The van der Waals surface area contributed by atoms with Crippen molar-refractivity contribution in [1.82, 2.24) is 24.9 Å². The van der Waals surface area contributed by atoms with Gasteiger partial charge in [0.15, 0.2) is 17.9 Å². The average Bonchev–Trinajstić information content (AvgIpc) is 3.39. The predicted octanol–water partition coefficient (Wildman–Crippen LogP) is 3.35. The zero-order valence-electron chi connectivity index (χ0n) is 19.4. The van der Waals surface area contributed by atoms with Crippen LogP contribution in [0.2, 0.25) is 0 Å². The quantitative estimate of drug-likeness (QED) is 0.278. The summed E-state index contributed by atoms with van der Waals surface area (Å²) in [7, 11) is 0. The third-order valence-corrected chi connectivity index (χ3v) is 5.81. The standard InChI is InChI=1S/C25H25F2N5O4/c26-20-14-18(2-6-24(20)33)32-15-23(29-30-32)22-4-1-17-13-19(3-5-21(17)28-22)36-12-11-34-9-7-31-8-10-35-16-25(31)27/h1-6,13-15,25,33H,7-12,16H2. The van der Waals surface area contributed by atoms with Crippen molar-refractivity contribution in [2.24, 2.45) is 0 Å². The van der Waals surface area contributed by atoms with Gasteiger partial charge in [0.2, 0.25) is 0 Å². The smallest absolute Gasteiger partial charge is 0.177 e. The molecule has 1 N–H and O–H groups in total. The first-order valence-corrected chi connectivity index (χ1v) is 11.6. The highest BCUT2D eigenvalue weighted by molar-refractivity contribution is 5.82. The second-order valence-electron chi connectivity index (χ2n) is 8.24. The molecule has 0 spiro atoms. The van der Waals surface area contributed by atoms with Gasteiger partial charge in [0, 0.05) is 24.5 Å². The van der Waals surface area contributed by atoms with E-state index in [-0.39, 0.29) is 6.61 Å². The van der Waals surface area contributed by atoms with Gasteiger partial charge >= 0.3 is 0 Å². The molecule has 0 amide bonds. The number of aromatic nitrogens is 4. The first-order valence-electron chi connectivity index (χ1n) is 11.6. The van der Waals surface area contributed by atoms with Gasteiger partial charge in [-0.3, -0.25) is 4.90 Å². The maximum Gasteiger partial charge on any atom is 0.177 e. The van der Waals surface area contributed by atoms with Crippen molar-refractivity contribution >= 4 is 10.9 Å². The summed E-state index contributed by atoms with van der Waals surface area (Å²) >= 11 is 0. The third-order valence-electron chi connectivity index (χ3n) is 5.81. The molecule has 4 aromatic rings. The highest BCUT2D eigenvalue weighted by atomic mass is 19.1. The van der Waals surface area contributed by atoms with Crippen molar-refractivity contribution in [2.75, 3.05) is 46.1 Å². The van der Waals surface area contributed by atoms with Gasteiger partial charge in [-0.2, -0.15) is 0 Å². The van der Waals surface area contributed by atoms with Crippen LogP contribution in [-0.4, -0.2) is 82.4 Å². The topological polar surface area (TPSA) is 94.8 Å². The Bertz CT molecular complexity index is 1340. The van der Waals surface area contributed by atoms with E-state index in [4.69, 9.17) is 14.2 Å². The molecule has 0 bridgehead atoms. The molecule has 9 nitrogen and oxygen atoms in total. The van der Waals surface area contributed by atoms with Crippen molar-refractivity contribution in [3.63, 3.8) is 0 Å². The first kappa shape index (κ1) is 24.0. The lowest BCUT2D eigenvalue weighted by atomic mass is 10.2. The highest BCUT2D eigenvalue weighted by Crippen LogP contribution is 2.24. The number of hydrogen-bond donors (Lipinski definition) is 1. The molecular formula is C25H25F2N5O4. The Morgan fingerprint density at radius 1 is 1.06 bits per heavy atom. The van der Waals surface area contributed by atoms with Gasteiger partial charge in [-0.25, -0.2) is 18.4 Å². The van der Waals surface area contributed by atoms with Crippen molar-refractivity contribution < 1.29 is 28.1 Å². The molecule has 11 heteroatoms. The number of phenolic OH excluding ortho intramolecular Hbond substituents is 1. The summed E-state index contributed by atoms with van der Waals surface area (Å²) < 4.78 is 45.2. The van der Waals surface area contributed by atoms with Crippen LogP contribution in [-0.2, 0) is 9.47 Å². The van der Waals surface area contributed by atoms with Crippen LogP contribution in [0.5, 0.6) is 11.5 Å². The monoisotopic (exact) mass is 497 g/mol. The van der Waals surface area contributed by atoms with E-state index in [1.807, 2.05) is 30.3 Å². The Morgan fingerprint density at radius 3 is 2.83 bits per heavy atom. The first-order chi connectivity index (χ1) is 17.6. The number of hydrogen-bond acceptors (Lipinski definition) is 8. The number of morpholine rings is 1. The summed E-state index contributed by atoms with van der Waals surface area (Å²) in [6.45, 7) is 2.96. The Kier molecular flexibility index (Phi) is 7.31. The molecule has 1 aliphatic heterocycles. The molecule has 36 heavy (non-hydrogen) atoms. The van der Waals surface area contributed by atoms with E-state index in [1.165, 1.54) is 16.8 Å². The summed E-state index contributed by atoms with van der Waals surface area (Å²) in [6, 6.07) is 13.3. The molecule has 188 valence electrons. The van der Waals surface area contributed by atoms with Gasteiger partial charge in [0.05, 0.1) is 49.5 Å². The number of benzene rings is 2. The van der Waals surface area contributed by atoms with E-state index in [9.17, 15) is 13.9 Å². The molecule has 5 rings (SSSR count). The summed E-state index contributed by atoms with van der Waals surface area (Å²) in [6.07, 6.45) is 0.575. The van der Waals surface area contributed by atoms with Crippen LogP contribution < -0.4 is 4.74 Å². The van der Waals surface area contributed by atoms with E-state index in [0.717, 1.165) is 10.9 Å². The summed E-state index contributed by atoms with van der Waals surface area (Å²) in [5, 5.41) is 18.4. The van der Waals surface area contributed by atoms with E-state index >= 15 is 0 Å². The molecule has 0 saturated carbocycles. The molecule has 1 atom stereocenters. The molecule has 1 fully saturated rings. The van der Waals surface area contributed by atoms with Gasteiger partial charge in [0.1, 0.15) is 18.1 Å². The lowest BCUT2D eigenvalue weighted by Gasteiger charge is -2.29. The fourth-order valence-electron chi connectivity index (χ4n) is 3.84. The van der Waals surface area contributed by atoms with Crippen molar-refractivity contribution in [3.8, 4) is 28.6 Å². The maximum absolute atomic E-state index is 13.7. The Morgan fingerprint density at radius 2 is 1.97 bits per heavy atom. The minimum absolute atomic E-state index is 0.114. The number of pyridine rings is 1. The number of aromatic hydroxyl groups is 1. The van der Waals surface area contributed by atoms with Gasteiger partial charge in [-0.1, -0.05) is 11.3 Å². The normalized spacial score (nSPS) is 16.4. The second-order valence-corrected chi connectivity index (χ2v) is 8.24. The minimum atomic E-state index is -1.07. The average molecular weight is 498 g/mol. The number of rotatable bonds is 9. The van der Waals surface area contributed by atoms with Crippen LogP contribution in [0.3, 0.4) is 0 Å². The fraction of sp³-hybridized carbons (Fsp3) is 0.320. The lowest BCUT2D eigenvalue weighted by molar-refractivity contribution is -0.0716. The fourth-order valence-corrected chi connectivity index (χ4v) is 3.84. The number of phenols is 1. The van der Waals surface area contributed by atoms with Gasteiger partial charge in [-0.15, -0.1) is 5.10 Å². The van der Waals surface area contributed by atoms with Crippen LogP contribution >= 0.6 is 0 Å². The molecule has 1 aliphatic rings. The summed E-state index contributed by atoms with van der Waals surface area (Å²) in [5.41, 5.74) is 2.33. The molecule has 1 unspecified atom stereocenters. The van der Waals surface area contributed by atoms with Gasteiger partial charge < -0.3 is 19.3 Å². The van der Waals surface area contributed by atoms with Crippen LogP contribution in [0, 0.1) is 5.82 Å². The molecule has 0 aliphatic carbocycles. The van der Waals surface area contributed by atoms with Crippen molar-refractivity contribution in [1.29, 1.82) is 0 Å². The van der Waals surface area contributed by atoms with Crippen molar-refractivity contribution in [2.45, 2.75) is 6.30 Å². The molecular weight excluding hydrogens is 472 g/mol. The number of fused-ring (bicyclic) bond motifs is 1. The highest BCUT2D eigenvalue weighted by Gasteiger charge is 2.21. The lowest BCUT2D eigenvalue weighted by Crippen LogP contribution is -2.44. The Hall–Kier alpha value is -3.67. The summed E-state index contributed by atoms with van der Waals surface area (Å²) in [5.74, 6) is -0.468. The van der Waals surface area contributed by atoms with E-state index in [0.29, 0.717) is 62.3 Å². The van der Waals surface area contributed by atoms with Gasteiger partial charge in [-0.05, 0) is 36.4 Å². The SMILES string of the molecule is Oc1ccc(-n2cc(-c3ccc4cc(OCCOCCN5CCOCC5F)ccc4n3)nn2)cc1F. The van der Waals surface area contributed by atoms with Crippen LogP contribution in [0.4, 0.5) is 8.78 Å². The zero-order valence-corrected chi connectivity index (χ0v) is 19.4. The predicted molar refractivity (Wildman–Crippen MR) is 127 cm³/mol. The van der Waals surface area contributed by atoms with E-state index < -0.39 is 17.9 Å². The minimum Gasteiger partial charge on any atom is -0.505 e. The third kappa shape index (κ3) is 5.59. The zero-order chi connectivity index (χ0) is 24.9. The molecule has 3 heterocycles. The van der Waals surface area contributed by atoms with Crippen LogP contribution in [0.1, 0.15) is 0 Å². The van der Waals surface area contributed by atoms with Crippen LogP contribution in [0.25, 0.3) is 28.0 Å². The van der Waals surface area contributed by atoms with Gasteiger partial charge in [0.25, 0.3) is 0 Å². The number of alkyl halides is 1. The number of nitrogens with zero attached hydrogens (tertiary/aromatic N) is 5. The van der Waals surface area contributed by atoms with E-state index in [2.05, 4.69) is 15.3 Å². The number of ether oxygens (including phenoxy) is 3. The largest absolute Gasteiger partial charge is 0.505 e. The maximum atomic E-state index is 13.7. The molecule has 2 aromatic heterocycles. The summed E-state index contributed by atoms with van der Waals surface area (Å²) in [4.78, 5) is 6.35. The van der Waals surface area contributed by atoms with E-state index in [1.54, 1.807) is 17.2 Å². The van der Waals surface area contributed by atoms with Crippen LogP contribution in [0.15, 0.2) is 54.7 Å².